The third kappa shape index (κ3) is 6.40. The van der Waals surface area contributed by atoms with E-state index in [-0.39, 0.29) is 5.75 Å². The summed E-state index contributed by atoms with van der Waals surface area (Å²) < 4.78 is 12.6. The Morgan fingerprint density at radius 3 is 1.78 bits per heavy atom. The van der Waals surface area contributed by atoms with Crippen LogP contribution in [-0.4, -0.2) is 27.9 Å². The lowest BCUT2D eigenvalue weighted by Crippen LogP contribution is -2.07. The van der Waals surface area contributed by atoms with Gasteiger partial charge in [0.1, 0.15) is 16.5 Å². The van der Waals surface area contributed by atoms with Gasteiger partial charge in [-0.2, -0.15) is 0 Å². The lowest BCUT2D eigenvalue weighted by atomic mass is 10.1. The van der Waals surface area contributed by atoms with Crippen LogP contribution in [0.1, 0.15) is 0 Å². The molecule has 0 fully saturated rings. The second-order valence-corrected chi connectivity index (χ2v) is 14.1. The topological polar surface area (TPSA) is 94.5 Å². The number of carbonyl (C=O) groups is 2. The largest absolute Gasteiger partial charge is 0.429 e. The van der Waals surface area contributed by atoms with Gasteiger partial charge in [0, 0.05) is 66.0 Å². The van der Waals surface area contributed by atoms with E-state index in [1.807, 2.05) is 24.3 Å². The zero-order valence-electron chi connectivity index (χ0n) is 26.0. The number of hydrogen-bond donors (Lipinski definition) is 0. The van der Waals surface area contributed by atoms with Crippen molar-refractivity contribution >= 4 is 72.7 Å². The maximum atomic E-state index is 11.2. The number of ether oxygens (including phenoxy) is 2. The van der Waals surface area contributed by atoms with Gasteiger partial charge in [0.25, 0.3) is 12.9 Å². The summed E-state index contributed by atoms with van der Waals surface area (Å²) in [6, 6.07) is 40.1. The van der Waals surface area contributed by atoms with Gasteiger partial charge in [0.2, 0.25) is 0 Å². The number of anilines is 3. The molecular formula is C39H24N4O4S3. The molecule has 0 aliphatic rings. The molecule has 0 unspecified atom stereocenters. The minimum Gasteiger partial charge on any atom is -0.429 e. The Bertz CT molecular complexity index is 2390. The van der Waals surface area contributed by atoms with Crippen LogP contribution in [0.25, 0.3) is 52.4 Å². The number of benzene rings is 2. The number of aromatic nitrogens is 3. The van der Waals surface area contributed by atoms with Crippen LogP contribution in [0.5, 0.6) is 11.5 Å². The fourth-order valence-electron chi connectivity index (χ4n) is 5.53. The first-order chi connectivity index (χ1) is 24.6. The van der Waals surface area contributed by atoms with E-state index in [4.69, 9.17) is 14.5 Å². The van der Waals surface area contributed by atoms with E-state index in [2.05, 4.69) is 87.7 Å². The lowest BCUT2D eigenvalue weighted by molar-refractivity contribution is -0.121. The predicted octanol–water partition coefficient (Wildman–Crippen LogP) is 10.4. The molecule has 0 amide bonds. The van der Waals surface area contributed by atoms with Crippen molar-refractivity contribution in [1.29, 1.82) is 0 Å². The van der Waals surface area contributed by atoms with Gasteiger partial charge < -0.3 is 14.4 Å². The maximum Gasteiger partial charge on any atom is 0.298 e. The van der Waals surface area contributed by atoms with Crippen LogP contribution >= 0.6 is 34.0 Å². The molecule has 0 bridgehead atoms. The van der Waals surface area contributed by atoms with E-state index in [9.17, 15) is 9.59 Å². The monoisotopic (exact) mass is 708 g/mol. The van der Waals surface area contributed by atoms with E-state index in [0.29, 0.717) is 41.5 Å². The number of para-hydroxylation sites is 2. The molecule has 0 saturated heterocycles. The highest BCUT2D eigenvalue weighted by molar-refractivity contribution is 7.32. The van der Waals surface area contributed by atoms with Crippen molar-refractivity contribution in [3.8, 4) is 54.5 Å². The molecule has 0 N–H and O–H groups in total. The Balaban J connectivity index is 1.09. The highest BCUT2D eigenvalue weighted by Crippen LogP contribution is 2.47. The molecule has 0 radical (unpaired) electrons. The number of nitrogens with zero attached hydrogens (tertiary/aromatic N) is 4. The summed E-state index contributed by atoms with van der Waals surface area (Å²) >= 11 is 5.28. The van der Waals surface area contributed by atoms with Crippen LogP contribution in [-0.2, 0) is 9.59 Å². The molecular weight excluding hydrogens is 685 g/mol. The summed E-state index contributed by atoms with van der Waals surface area (Å²) in [5.41, 5.74) is 5.20. The summed E-state index contributed by atoms with van der Waals surface area (Å²) in [6.45, 7) is 0.706. The molecule has 0 aliphatic carbocycles. The molecule has 8 nitrogen and oxygen atoms in total. The molecule has 11 heteroatoms. The number of carbonyl (C=O) groups excluding carboxylic acids is 2. The smallest absolute Gasteiger partial charge is 0.298 e. The third-order valence-electron chi connectivity index (χ3n) is 7.76. The summed E-state index contributed by atoms with van der Waals surface area (Å²) in [4.78, 5) is 41.6. The molecule has 0 spiro atoms. The first-order valence-electron chi connectivity index (χ1n) is 15.3. The summed E-state index contributed by atoms with van der Waals surface area (Å²) in [5, 5.41) is 1.15. The fourth-order valence-corrected chi connectivity index (χ4v) is 9.05. The molecule has 0 atom stereocenters. The third-order valence-corrected chi connectivity index (χ3v) is 11.4. The molecule has 0 aliphatic heterocycles. The van der Waals surface area contributed by atoms with Crippen LogP contribution in [0.3, 0.4) is 0 Å². The number of pyridine rings is 3. The fraction of sp³-hybridized carbons (Fsp3) is 0. The highest BCUT2D eigenvalue weighted by Gasteiger charge is 2.18. The van der Waals surface area contributed by atoms with Crippen molar-refractivity contribution in [2.24, 2.45) is 0 Å². The van der Waals surface area contributed by atoms with Crippen molar-refractivity contribution in [3.05, 3.63) is 134 Å². The van der Waals surface area contributed by atoms with Crippen molar-refractivity contribution in [1.82, 2.24) is 15.0 Å². The summed E-state index contributed by atoms with van der Waals surface area (Å²) in [6.07, 6.45) is 3.25. The Hall–Kier alpha value is -6.01. The number of rotatable bonds is 11. The Morgan fingerprint density at radius 1 is 0.520 bits per heavy atom. The minimum atomic E-state index is 0.285. The van der Waals surface area contributed by atoms with Crippen LogP contribution in [0, 0.1) is 0 Å². The van der Waals surface area contributed by atoms with E-state index in [0.717, 1.165) is 26.8 Å². The second-order valence-electron chi connectivity index (χ2n) is 10.9. The van der Waals surface area contributed by atoms with Gasteiger partial charge in [-0.1, -0.05) is 36.4 Å². The lowest BCUT2D eigenvalue weighted by Gasteiger charge is -2.23. The van der Waals surface area contributed by atoms with E-state index < -0.39 is 0 Å². The molecule has 0 saturated carbocycles. The zero-order chi connectivity index (χ0) is 33.9. The Labute approximate surface area is 298 Å². The normalized spacial score (nSPS) is 11.0. The SMILES string of the molecule is O=COc1ccnc(-c2cc(OC=O)cc(-c3cc(-c4cc5sc(-c6ccc(N(c7ccccc7)c7ccccc7)s6)cc5s4)ccn3)n2)c1. The summed E-state index contributed by atoms with van der Waals surface area (Å²) in [5.74, 6) is 0.601. The molecule has 2 aromatic carbocycles. The molecule has 8 rings (SSSR count). The quantitative estimate of drug-likeness (QED) is 0.123. The predicted molar refractivity (Wildman–Crippen MR) is 201 cm³/mol. The van der Waals surface area contributed by atoms with Gasteiger partial charge in [-0.05, 0) is 72.3 Å². The molecule has 50 heavy (non-hydrogen) atoms. The Morgan fingerprint density at radius 2 is 1.10 bits per heavy atom. The van der Waals surface area contributed by atoms with Gasteiger partial charge in [-0.25, -0.2) is 4.98 Å². The van der Waals surface area contributed by atoms with Crippen molar-refractivity contribution < 1.29 is 19.1 Å². The van der Waals surface area contributed by atoms with E-state index >= 15 is 0 Å². The van der Waals surface area contributed by atoms with Gasteiger partial charge >= 0.3 is 0 Å². The number of fused-ring (bicyclic) bond motifs is 1. The molecule has 6 heterocycles. The van der Waals surface area contributed by atoms with E-state index in [1.165, 1.54) is 25.4 Å². The van der Waals surface area contributed by atoms with Crippen molar-refractivity contribution in [2.75, 3.05) is 4.90 Å². The Kier molecular flexibility index (Phi) is 8.66. The van der Waals surface area contributed by atoms with Gasteiger partial charge in [-0.15, -0.1) is 34.0 Å². The first kappa shape index (κ1) is 31.3. The maximum absolute atomic E-state index is 11.2. The number of thiophene rings is 3. The molecule has 8 aromatic rings. The van der Waals surface area contributed by atoms with Crippen molar-refractivity contribution in [3.63, 3.8) is 0 Å². The van der Waals surface area contributed by atoms with Crippen LogP contribution < -0.4 is 14.4 Å². The average Bonchev–Trinajstić information content (AvgIpc) is 3.90. The second kappa shape index (κ2) is 13.8. The van der Waals surface area contributed by atoms with Crippen LogP contribution in [0.4, 0.5) is 16.4 Å². The highest BCUT2D eigenvalue weighted by atomic mass is 32.1. The standard InChI is InChI=1S/C39H24N4O4S3/c44-23-46-28-14-16-41-31(18-28)33-20-29(47-24-45)19-32(42-33)30-17-25(13-15-40-30)35-21-37-38(48-35)22-36(49-37)34-11-12-39(50-34)43(26-7-3-1-4-8-26)27-9-5-2-6-10-27/h1-24H. The minimum absolute atomic E-state index is 0.285. The molecule has 242 valence electrons. The van der Waals surface area contributed by atoms with Gasteiger partial charge in [0.15, 0.2) is 0 Å². The van der Waals surface area contributed by atoms with Gasteiger partial charge in [0.05, 0.1) is 22.8 Å². The average molecular weight is 709 g/mol. The van der Waals surface area contributed by atoms with Gasteiger partial charge in [-0.3, -0.25) is 19.6 Å². The van der Waals surface area contributed by atoms with Crippen LogP contribution in [0.2, 0.25) is 0 Å². The summed E-state index contributed by atoms with van der Waals surface area (Å²) in [7, 11) is 0. The van der Waals surface area contributed by atoms with Crippen LogP contribution in [0.15, 0.2) is 134 Å². The molecule has 6 aromatic heterocycles. The van der Waals surface area contributed by atoms with Crippen molar-refractivity contribution in [2.45, 2.75) is 0 Å². The van der Waals surface area contributed by atoms with E-state index in [1.54, 1.807) is 64.5 Å². The zero-order valence-corrected chi connectivity index (χ0v) is 28.5. The number of hydrogen-bond acceptors (Lipinski definition) is 11. The first-order valence-corrected chi connectivity index (χ1v) is 17.8.